The highest BCUT2D eigenvalue weighted by Crippen LogP contribution is 2.26. The molecule has 1 aromatic heterocycles. The Bertz CT molecular complexity index is 665. The average molecular weight is 242 g/mol. The molecule has 0 saturated carbocycles. The molecule has 0 fully saturated rings. The van der Waals surface area contributed by atoms with Crippen LogP contribution in [0.5, 0.6) is 0 Å². The Morgan fingerprint density at radius 2 is 1.71 bits per heavy atom. The van der Waals surface area contributed by atoms with Crippen molar-refractivity contribution in [3.8, 4) is 11.3 Å². The van der Waals surface area contributed by atoms with Gasteiger partial charge in [-0.05, 0) is 30.7 Å². The molecule has 3 aromatic rings. The van der Waals surface area contributed by atoms with E-state index in [-0.39, 0.29) is 0 Å². The first-order valence-electron chi connectivity index (χ1n) is 5.58. The van der Waals surface area contributed by atoms with Crippen molar-refractivity contribution in [2.45, 2.75) is 6.92 Å². The van der Waals surface area contributed by atoms with Crippen molar-refractivity contribution in [1.82, 2.24) is 4.98 Å². The van der Waals surface area contributed by atoms with Gasteiger partial charge in [-0.1, -0.05) is 47.5 Å². The van der Waals surface area contributed by atoms with Gasteiger partial charge in [0, 0.05) is 21.6 Å². The molecule has 3 rings (SSSR count). The lowest BCUT2D eigenvalue weighted by Gasteiger charge is -1.97. The van der Waals surface area contributed by atoms with E-state index in [1.807, 2.05) is 18.2 Å². The summed E-state index contributed by atoms with van der Waals surface area (Å²) in [6.07, 6.45) is 0. The molecule has 0 unspecified atom stereocenters. The van der Waals surface area contributed by atoms with Crippen molar-refractivity contribution in [2.75, 3.05) is 0 Å². The predicted molar refractivity (Wildman–Crippen MR) is 73.5 cm³/mol. The van der Waals surface area contributed by atoms with E-state index < -0.39 is 0 Å². The summed E-state index contributed by atoms with van der Waals surface area (Å²) in [7, 11) is 0. The molecule has 0 aliphatic heterocycles. The zero-order valence-corrected chi connectivity index (χ0v) is 10.3. The molecule has 0 bridgehead atoms. The minimum absolute atomic E-state index is 0.759. The number of benzene rings is 2. The predicted octanol–water partition coefficient (Wildman–Crippen LogP) is 4.80. The summed E-state index contributed by atoms with van der Waals surface area (Å²) < 4.78 is 0. The van der Waals surface area contributed by atoms with Gasteiger partial charge in [-0.2, -0.15) is 0 Å². The second-order valence-corrected chi connectivity index (χ2v) is 4.72. The largest absolute Gasteiger partial charge is 0.354 e. The quantitative estimate of drug-likeness (QED) is 0.630. The van der Waals surface area contributed by atoms with E-state index in [4.69, 9.17) is 11.6 Å². The van der Waals surface area contributed by atoms with E-state index in [0.717, 1.165) is 16.2 Å². The summed E-state index contributed by atoms with van der Waals surface area (Å²) in [5.41, 5.74) is 4.67. The van der Waals surface area contributed by atoms with Crippen LogP contribution in [0.15, 0.2) is 48.5 Å². The lowest BCUT2D eigenvalue weighted by Crippen LogP contribution is -1.77. The molecule has 0 spiro atoms. The average Bonchev–Trinajstić information content (AvgIpc) is 2.72. The lowest BCUT2D eigenvalue weighted by atomic mass is 10.1. The topological polar surface area (TPSA) is 15.8 Å². The summed E-state index contributed by atoms with van der Waals surface area (Å²) in [5, 5.41) is 1.94. The number of aryl methyl sites for hydroxylation is 1. The third-order valence-corrected chi connectivity index (χ3v) is 3.18. The smallest absolute Gasteiger partial charge is 0.0473 e. The molecule has 0 aliphatic carbocycles. The van der Waals surface area contributed by atoms with Gasteiger partial charge in [0.05, 0.1) is 0 Å². The fraction of sp³-hybridized carbons (Fsp3) is 0.0667. The highest BCUT2D eigenvalue weighted by Gasteiger charge is 2.03. The van der Waals surface area contributed by atoms with E-state index in [1.54, 1.807) is 0 Å². The number of fused-ring (bicyclic) bond motifs is 1. The molecule has 0 atom stereocenters. The SMILES string of the molecule is Cc1ccc(-c2cc3ccc(Cl)cc3[nH]2)cc1. The van der Waals surface area contributed by atoms with Crippen LogP contribution in [0.3, 0.4) is 0 Å². The highest BCUT2D eigenvalue weighted by atomic mass is 35.5. The Labute approximate surface area is 105 Å². The Morgan fingerprint density at radius 1 is 0.941 bits per heavy atom. The van der Waals surface area contributed by atoms with Gasteiger partial charge in [0.25, 0.3) is 0 Å². The minimum Gasteiger partial charge on any atom is -0.354 e. The molecule has 84 valence electrons. The van der Waals surface area contributed by atoms with Gasteiger partial charge in [-0.25, -0.2) is 0 Å². The maximum atomic E-state index is 5.97. The zero-order chi connectivity index (χ0) is 11.8. The van der Waals surface area contributed by atoms with Crippen LogP contribution in [0.1, 0.15) is 5.56 Å². The van der Waals surface area contributed by atoms with Crippen molar-refractivity contribution in [3.63, 3.8) is 0 Å². The molecule has 2 aromatic carbocycles. The van der Waals surface area contributed by atoms with Crippen LogP contribution < -0.4 is 0 Å². The summed E-state index contributed by atoms with van der Waals surface area (Å²) in [5.74, 6) is 0. The first-order chi connectivity index (χ1) is 8.22. The second-order valence-electron chi connectivity index (χ2n) is 4.28. The van der Waals surface area contributed by atoms with Crippen molar-refractivity contribution in [1.29, 1.82) is 0 Å². The van der Waals surface area contributed by atoms with Gasteiger partial charge in [-0.15, -0.1) is 0 Å². The molecule has 2 heteroatoms. The minimum atomic E-state index is 0.759. The van der Waals surface area contributed by atoms with E-state index >= 15 is 0 Å². The molecule has 0 saturated heterocycles. The van der Waals surface area contributed by atoms with Gasteiger partial charge < -0.3 is 4.98 Å². The van der Waals surface area contributed by atoms with E-state index in [0.29, 0.717) is 0 Å². The van der Waals surface area contributed by atoms with Gasteiger partial charge >= 0.3 is 0 Å². The number of nitrogens with one attached hydrogen (secondary N) is 1. The van der Waals surface area contributed by atoms with Crippen LogP contribution in [0.4, 0.5) is 0 Å². The summed E-state index contributed by atoms with van der Waals surface area (Å²) in [6.45, 7) is 2.09. The standard InChI is InChI=1S/C15H12ClN/c1-10-2-4-11(5-3-10)14-8-12-6-7-13(16)9-15(12)17-14/h2-9,17H,1H3. The lowest BCUT2D eigenvalue weighted by molar-refractivity contribution is 1.42. The van der Waals surface area contributed by atoms with Crippen LogP contribution in [0.2, 0.25) is 5.02 Å². The van der Waals surface area contributed by atoms with Gasteiger partial charge in [0.1, 0.15) is 0 Å². The van der Waals surface area contributed by atoms with Crippen molar-refractivity contribution < 1.29 is 0 Å². The zero-order valence-electron chi connectivity index (χ0n) is 9.50. The van der Waals surface area contributed by atoms with Gasteiger partial charge in [0.2, 0.25) is 0 Å². The van der Waals surface area contributed by atoms with E-state index in [1.165, 1.54) is 16.5 Å². The number of rotatable bonds is 1. The molecular formula is C15H12ClN. The molecule has 0 amide bonds. The third kappa shape index (κ3) is 1.94. The van der Waals surface area contributed by atoms with Crippen molar-refractivity contribution in [3.05, 3.63) is 59.1 Å². The monoisotopic (exact) mass is 241 g/mol. The number of hydrogen-bond donors (Lipinski definition) is 1. The second kappa shape index (κ2) is 3.94. The molecule has 0 aliphatic rings. The fourth-order valence-electron chi connectivity index (χ4n) is 1.99. The molecule has 0 radical (unpaired) electrons. The maximum absolute atomic E-state index is 5.97. The first-order valence-corrected chi connectivity index (χ1v) is 5.95. The Morgan fingerprint density at radius 3 is 2.47 bits per heavy atom. The summed E-state index contributed by atoms with van der Waals surface area (Å²) in [6, 6.07) is 16.5. The maximum Gasteiger partial charge on any atom is 0.0473 e. The highest BCUT2D eigenvalue weighted by molar-refractivity contribution is 6.31. The Hall–Kier alpha value is -1.73. The molecule has 1 N–H and O–H groups in total. The van der Waals surface area contributed by atoms with Crippen LogP contribution in [0.25, 0.3) is 22.2 Å². The molecule has 17 heavy (non-hydrogen) atoms. The third-order valence-electron chi connectivity index (χ3n) is 2.95. The van der Waals surface area contributed by atoms with Crippen molar-refractivity contribution in [2.24, 2.45) is 0 Å². The van der Waals surface area contributed by atoms with Crippen LogP contribution in [0, 0.1) is 6.92 Å². The molecule has 1 heterocycles. The Balaban J connectivity index is 2.14. The Kier molecular flexibility index (Phi) is 2.41. The summed E-state index contributed by atoms with van der Waals surface area (Å²) >= 11 is 5.97. The van der Waals surface area contributed by atoms with Crippen molar-refractivity contribution >= 4 is 22.5 Å². The first kappa shape index (κ1) is 10.4. The van der Waals surface area contributed by atoms with Crippen LogP contribution in [-0.2, 0) is 0 Å². The van der Waals surface area contributed by atoms with Gasteiger partial charge in [0.15, 0.2) is 0 Å². The van der Waals surface area contributed by atoms with Crippen LogP contribution in [-0.4, -0.2) is 4.98 Å². The van der Waals surface area contributed by atoms with E-state index in [2.05, 4.69) is 42.2 Å². The number of aromatic nitrogens is 1. The van der Waals surface area contributed by atoms with Crippen LogP contribution >= 0.6 is 11.6 Å². The van der Waals surface area contributed by atoms with E-state index in [9.17, 15) is 0 Å². The number of aromatic amines is 1. The summed E-state index contributed by atoms with van der Waals surface area (Å²) in [4.78, 5) is 3.39. The molecule has 1 nitrogen and oxygen atoms in total. The number of halogens is 1. The van der Waals surface area contributed by atoms with Gasteiger partial charge in [-0.3, -0.25) is 0 Å². The molecular weight excluding hydrogens is 230 g/mol. The number of hydrogen-bond acceptors (Lipinski definition) is 0. The normalized spacial score (nSPS) is 10.9. The number of H-pyrrole nitrogens is 1. The fourth-order valence-corrected chi connectivity index (χ4v) is 2.16.